The lowest BCUT2D eigenvalue weighted by Crippen LogP contribution is -2.25. The maximum atomic E-state index is 10.6. The van der Waals surface area contributed by atoms with Gasteiger partial charge in [0, 0.05) is 5.69 Å². The van der Waals surface area contributed by atoms with Crippen LogP contribution in [-0.4, -0.2) is 22.1 Å². The van der Waals surface area contributed by atoms with Gasteiger partial charge in [-0.15, -0.1) is 0 Å². The summed E-state index contributed by atoms with van der Waals surface area (Å²) in [6, 6.07) is 3.07. The van der Waals surface area contributed by atoms with E-state index in [1.165, 1.54) is 0 Å². The molecule has 1 aromatic heterocycles. The lowest BCUT2D eigenvalue weighted by atomic mass is 10.2. The van der Waals surface area contributed by atoms with Crippen LogP contribution in [0.15, 0.2) is 12.1 Å². The van der Waals surface area contributed by atoms with Crippen LogP contribution in [0.25, 0.3) is 0 Å². The molecule has 76 valence electrons. The van der Waals surface area contributed by atoms with Crippen molar-refractivity contribution in [3.8, 4) is 0 Å². The van der Waals surface area contributed by atoms with Crippen molar-refractivity contribution in [1.29, 1.82) is 0 Å². The minimum absolute atomic E-state index is 0.600. The predicted octanol–water partition coefficient (Wildman–Crippen LogP) is 1.58. The maximum Gasteiger partial charge on any atom is 0.325 e. The first kappa shape index (κ1) is 10.5. The number of hydrogen-bond donors (Lipinski definition) is 2. The van der Waals surface area contributed by atoms with E-state index in [1.807, 2.05) is 19.9 Å². The molecule has 0 fully saturated rings. The second kappa shape index (κ2) is 4.09. The molecule has 0 amide bonds. The highest BCUT2D eigenvalue weighted by Crippen LogP contribution is 2.09. The smallest absolute Gasteiger partial charge is 0.325 e. The van der Waals surface area contributed by atoms with Crippen molar-refractivity contribution in [3.63, 3.8) is 0 Å². The van der Waals surface area contributed by atoms with E-state index in [0.29, 0.717) is 5.82 Å². The first-order valence-corrected chi connectivity index (χ1v) is 4.44. The van der Waals surface area contributed by atoms with Gasteiger partial charge in [0.05, 0.1) is 0 Å². The summed E-state index contributed by atoms with van der Waals surface area (Å²) in [5, 5.41) is 11.5. The van der Waals surface area contributed by atoms with Crippen LogP contribution < -0.4 is 5.32 Å². The molecule has 4 heteroatoms. The molecule has 0 spiro atoms. The molecule has 0 saturated carbocycles. The third-order valence-electron chi connectivity index (χ3n) is 2.08. The molecule has 1 rings (SSSR count). The van der Waals surface area contributed by atoms with Crippen molar-refractivity contribution in [2.45, 2.75) is 26.8 Å². The zero-order valence-electron chi connectivity index (χ0n) is 8.53. The molecule has 0 aliphatic carbocycles. The van der Waals surface area contributed by atoms with Crippen molar-refractivity contribution in [1.82, 2.24) is 4.98 Å². The van der Waals surface area contributed by atoms with Gasteiger partial charge in [-0.3, -0.25) is 4.79 Å². The summed E-state index contributed by atoms with van der Waals surface area (Å²) in [5.74, 6) is -0.284. The first-order chi connectivity index (χ1) is 6.50. The molecular weight excluding hydrogens is 180 g/mol. The minimum Gasteiger partial charge on any atom is -0.480 e. The Balaban J connectivity index is 2.78. The van der Waals surface area contributed by atoms with Gasteiger partial charge in [-0.2, -0.15) is 0 Å². The molecule has 0 aliphatic heterocycles. The number of carbonyl (C=O) groups is 1. The molecule has 0 aromatic carbocycles. The number of carboxylic acids is 1. The number of nitrogens with zero attached hydrogens (tertiary/aromatic N) is 1. The number of rotatable bonds is 3. The minimum atomic E-state index is -0.884. The Labute approximate surface area is 83.0 Å². The van der Waals surface area contributed by atoms with Gasteiger partial charge in [0.2, 0.25) is 0 Å². The van der Waals surface area contributed by atoms with Crippen molar-refractivity contribution >= 4 is 11.8 Å². The summed E-state index contributed by atoms with van der Waals surface area (Å²) < 4.78 is 0. The highest BCUT2D eigenvalue weighted by Gasteiger charge is 2.10. The van der Waals surface area contributed by atoms with Crippen LogP contribution in [0.5, 0.6) is 0 Å². The van der Waals surface area contributed by atoms with E-state index in [1.54, 1.807) is 13.0 Å². The highest BCUT2D eigenvalue weighted by atomic mass is 16.4. The van der Waals surface area contributed by atoms with Crippen LogP contribution in [0.3, 0.4) is 0 Å². The molecule has 4 nitrogen and oxygen atoms in total. The van der Waals surface area contributed by atoms with Crippen molar-refractivity contribution in [3.05, 3.63) is 23.4 Å². The van der Waals surface area contributed by atoms with Gasteiger partial charge in [-0.1, -0.05) is 6.07 Å². The zero-order chi connectivity index (χ0) is 10.7. The molecule has 0 bridgehead atoms. The van der Waals surface area contributed by atoms with Crippen molar-refractivity contribution in [2.75, 3.05) is 5.32 Å². The Morgan fingerprint density at radius 2 is 2.14 bits per heavy atom. The van der Waals surface area contributed by atoms with Gasteiger partial charge in [0.15, 0.2) is 0 Å². The number of aliphatic carboxylic acids is 1. The molecule has 2 N–H and O–H groups in total. The summed E-state index contributed by atoms with van der Waals surface area (Å²) in [7, 11) is 0. The Morgan fingerprint density at radius 3 is 2.64 bits per heavy atom. The van der Waals surface area contributed by atoms with Crippen molar-refractivity contribution < 1.29 is 9.90 Å². The van der Waals surface area contributed by atoms with E-state index in [4.69, 9.17) is 5.11 Å². The Bertz CT molecular complexity index is 350. The summed E-state index contributed by atoms with van der Waals surface area (Å²) >= 11 is 0. The number of anilines is 1. The second-order valence-corrected chi connectivity index (χ2v) is 3.30. The van der Waals surface area contributed by atoms with E-state index >= 15 is 0 Å². The molecule has 0 radical (unpaired) electrons. The molecule has 14 heavy (non-hydrogen) atoms. The third-order valence-corrected chi connectivity index (χ3v) is 2.08. The lowest BCUT2D eigenvalue weighted by Gasteiger charge is -2.10. The fraction of sp³-hybridized carbons (Fsp3) is 0.400. The summed E-state index contributed by atoms with van der Waals surface area (Å²) in [6.45, 7) is 5.44. The monoisotopic (exact) mass is 194 g/mol. The average Bonchev–Trinajstić information content (AvgIpc) is 2.11. The van der Waals surface area contributed by atoms with Gasteiger partial charge in [-0.25, -0.2) is 4.98 Å². The number of hydrogen-bond acceptors (Lipinski definition) is 3. The van der Waals surface area contributed by atoms with Crippen LogP contribution in [0.2, 0.25) is 0 Å². The van der Waals surface area contributed by atoms with E-state index in [0.717, 1.165) is 11.3 Å². The van der Waals surface area contributed by atoms with Crippen LogP contribution in [-0.2, 0) is 4.79 Å². The summed E-state index contributed by atoms with van der Waals surface area (Å²) in [6.07, 6.45) is 0. The van der Waals surface area contributed by atoms with Crippen LogP contribution in [0, 0.1) is 13.8 Å². The third kappa shape index (κ3) is 2.45. The molecule has 1 unspecified atom stereocenters. The van der Waals surface area contributed by atoms with E-state index in [2.05, 4.69) is 10.3 Å². The average molecular weight is 194 g/mol. The summed E-state index contributed by atoms with van der Waals surface area (Å²) in [4.78, 5) is 14.8. The second-order valence-electron chi connectivity index (χ2n) is 3.30. The first-order valence-electron chi connectivity index (χ1n) is 4.44. The number of nitrogens with one attached hydrogen (secondary N) is 1. The number of aromatic nitrogens is 1. The predicted molar refractivity (Wildman–Crippen MR) is 54.4 cm³/mol. The van der Waals surface area contributed by atoms with Gasteiger partial charge in [0.1, 0.15) is 11.9 Å². The van der Waals surface area contributed by atoms with Crippen LogP contribution in [0.4, 0.5) is 5.82 Å². The lowest BCUT2D eigenvalue weighted by molar-refractivity contribution is -0.137. The van der Waals surface area contributed by atoms with Gasteiger partial charge in [-0.05, 0) is 32.4 Å². The number of pyridine rings is 1. The zero-order valence-corrected chi connectivity index (χ0v) is 8.53. The molecule has 0 saturated heterocycles. The highest BCUT2D eigenvalue weighted by molar-refractivity contribution is 5.76. The number of carboxylic acid groups (broad SMARTS) is 1. The van der Waals surface area contributed by atoms with Crippen LogP contribution in [0.1, 0.15) is 18.2 Å². The van der Waals surface area contributed by atoms with Gasteiger partial charge in [0.25, 0.3) is 0 Å². The van der Waals surface area contributed by atoms with Crippen LogP contribution >= 0.6 is 0 Å². The number of aryl methyl sites for hydroxylation is 2. The Kier molecular flexibility index (Phi) is 3.06. The standard InChI is InChI=1S/C10H14N2O2/c1-6-4-5-9(11-7(6)2)12-8(3)10(13)14/h4-5,8H,1-3H3,(H,11,12)(H,13,14). The van der Waals surface area contributed by atoms with Crippen molar-refractivity contribution in [2.24, 2.45) is 0 Å². The fourth-order valence-corrected chi connectivity index (χ4v) is 0.995. The fourth-order valence-electron chi connectivity index (χ4n) is 0.995. The van der Waals surface area contributed by atoms with E-state index in [-0.39, 0.29) is 0 Å². The quantitative estimate of drug-likeness (QED) is 0.767. The molecule has 1 atom stereocenters. The Hall–Kier alpha value is -1.58. The summed E-state index contributed by atoms with van der Waals surface area (Å²) in [5.41, 5.74) is 2.01. The molecule has 1 aromatic rings. The topological polar surface area (TPSA) is 62.2 Å². The molecular formula is C10H14N2O2. The van der Waals surface area contributed by atoms with E-state index in [9.17, 15) is 4.79 Å². The largest absolute Gasteiger partial charge is 0.480 e. The Morgan fingerprint density at radius 1 is 1.50 bits per heavy atom. The maximum absolute atomic E-state index is 10.6. The normalized spacial score (nSPS) is 12.2. The molecule has 1 heterocycles. The van der Waals surface area contributed by atoms with Gasteiger partial charge < -0.3 is 10.4 Å². The van der Waals surface area contributed by atoms with E-state index < -0.39 is 12.0 Å². The van der Waals surface area contributed by atoms with Gasteiger partial charge >= 0.3 is 5.97 Å². The molecule has 0 aliphatic rings. The SMILES string of the molecule is Cc1ccc(NC(C)C(=O)O)nc1C.